The van der Waals surface area contributed by atoms with Crippen LogP contribution in [0.3, 0.4) is 0 Å². The average Bonchev–Trinajstić information content (AvgIpc) is 2.99. The molecule has 0 saturated heterocycles. The highest BCUT2D eigenvalue weighted by Gasteiger charge is 2.26. The van der Waals surface area contributed by atoms with E-state index in [0.29, 0.717) is 11.5 Å². The normalized spacial score (nSPS) is 14.1. The lowest BCUT2D eigenvalue weighted by atomic mass is 10.0. The Morgan fingerprint density at radius 1 is 1.45 bits per heavy atom. The van der Waals surface area contributed by atoms with Crippen molar-refractivity contribution in [3.63, 3.8) is 0 Å². The molecule has 2 aromatic heterocycles. The van der Waals surface area contributed by atoms with Crippen LogP contribution < -0.4 is 5.32 Å². The van der Waals surface area contributed by atoms with E-state index in [-0.39, 0.29) is 12.5 Å². The number of carbonyl (C=O) groups is 1. The van der Waals surface area contributed by atoms with Crippen LogP contribution in [0.2, 0.25) is 0 Å². The minimum Gasteiger partial charge on any atom is -0.466 e. The summed E-state index contributed by atoms with van der Waals surface area (Å²) in [6.45, 7) is 1.64. The second-order valence-electron chi connectivity index (χ2n) is 4.56. The van der Waals surface area contributed by atoms with Crippen molar-refractivity contribution >= 4 is 12.0 Å². The minimum atomic E-state index is -1.24. The van der Waals surface area contributed by atoms with Crippen molar-refractivity contribution in [1.29, 1.82) is 0 Å². The van der Waals surface area contributed by atoms with Crippen LogP contribution in [0, 0.1) is 0 Å². The minimum absolute atomic E-state index is 0.0614. The van der Waals surface area contributed by atoms with Gasteiger partial charge in [-0.3, -0.25) is 9.78 Å². The first-order valence-electron chi connectivity index (χ1n) is 6.21. The Labute approximate surface area is 117 Å². The zero-order valence-electron chi connectivity index (χ0n) is 11.1. The number of carbonyl (C=O) groups excluding carboxylic acids is 1. The summed E-state index contributed by atoms with van der Waals surface area (Å²) in [7, 11) is 0. The lowest BCUT2D eigenvalue weighted by Crippen LogP contribution is -2.37. The first-order valence-corrected chi connectivity index (χ1v) is 6.21. The molecule has 2 rings (SSSR count). The number of hydrogen-bond donors (Lipinski definition) is 2. The van der Waals surface area contributed by atoms with Gasteiger partial charge in [-0.15, -0.1) is 0 Å². The summed E-state index contributed by atoms with van der Waals surface area (Å²) in [5.74, 6) is 0.106. The van der Waals surface area contributed by atoms with Gasteiger partial charge in [0.15, 0.2) is 0 Å². The molecular weight excluding hydrogens is 256 g/mol. The number of aromatic nitrogens is 1. The molecule has 0 fully saturated rings. The SMILES string of the molecule is CC(O)(CNC(=O)/C=C/c1ccccn1)c1ccco1. The maximum Gasteiger partial charge on any atom is 0.244 e. The van der Waals surface area contributed by atoms with Gasteiger partial charge in [-0.1, -0.05) is 6.07 Å². The van der Waals surface area contributed by atoms with Crippen molar-refractivity contribution in [3.8, 4) is 0 Å². The molecular formula is C15H16N2O3. The fourth-order valence-corrected chi connectivity index (χ4v) is 1.63. The molecule has 104 valence electrons. The van der Waals surface area contributed by atoms with Crippen LogP contribution in [0.15, 0.2) is 53.3 Å². The summed E-state index contributed by atoms with van der Waals surface area (Å²) < 4.78 is 5.13. The van der Waals surface area contributed by atoms with Gasteiger partial charge in [0.25, 0.3) is 0 Å². The molecule has 1 atom stereocenters. The van der Waals surface area contributed by atoms with Crippen LogP contribution >= 0.6 is 0 Å². The highest BCUT2D eigenvalue weighted by Crippen LogP contribution is 2.19. The maximum absolute atomic E-state index is 11.7. The standard InChI is InChI=1S/C15H16N2O3/c1-15(19,13-6-4-10-20-13)11-17-14(18)8-7-12-5-2-3-9-16-12/h2-10,19H,11H2,1H3,(H,17,18)/b8-7+. The number of furan rings is 1. The highest BCUT2D eigenvalue weighted by atomic mass is 16.4. The molecule has 1 unspecified atom stereocenters. The third-order valence-corrected chi connectivity index (χ3v) is 2.75. The van der Waals surface area contributed by atoms with Crippen molar-refractivity contribution in [2.75, 3.05) is 6.54 Å². The molecule has 0 aliphatic heterocycles. The third-order valence-electron chi connectivity index (χ3n) is 2.75. The van der Waals surface area contributed by atoms with E-state index in [4.69, 9.17) is 4.42 Å². The Morgan fingerprint density at radius 3 is 2.95 bits per heavy atom. The van der Waals surface area contributed by atoms with Crippen molar-refractivity contribution in [2.24, 2.45) is 0 Å². The Morgan fingerprint density at radius 2 is 2.30 bits per heavy atom. The van der Waals surface area contributed by atoms with E-state index < -0.39 is 5.60 Å². The quantitative estimate of drug-likeness (QED) is 0.812. The summed E-state index contributed by atoms with van der Waals surface area (Å²) in [4.78, 5) is 15.7. The molecule has 0 spiro atoms. The lowest BCUT2D eigenvalue weighted by Gasteiger charge is -2.20. The van der Waals surface area contributed by atoms with Crippen LogP contribution in [-0.4, -0.2) is 22.5 Å². The lowest BCUT2D eigenvalue weighted by molar-refractivity contribution is -0.117. The summed E-state index contributed by atoms with van der Waals surface area (Å²) in [5, 5.41) is 12.8. The van der Waals surface area contributed by atoms with E-state index >= 15 is 0 Å². The number of rotatable bonds is 5. The van der Waals surface area contributed by atoms with Crippen molar-refractivity contribution < 1.29 is 14.3 Å². The fraction of sp³-hybridized carbons (Fsp3) is 0.200. The van der Waals surface area contributed by atoms with E-state index in [0.717, 1.165) is 0 Å². The summed E-state index contributed by atoms with van der Waals surface area (Å²) in [6, 6.07) is 8.79. The molecule has 0 aliphatic rings. The van der Waals surface area contributed by atoms with Gasteiger partial charge in [0.05, 0.1) is 18.5 Å². The van der Waals surface area contributed by atoms with Gasteiger partial charge >= 0.3 is 0 Å². The van der Waals surface area contributed by atoms with Gasteiger partial charge in [0, 0.05) is 12.3 Å². The first kappa shape index (κ1) is 14.0. The predicted octanol–water partition coefficient (Wildman–Crippen LogP) is 1.71. The van der Waals surface area contributed by atoms with Gasteiger partial charge in [0.2, 0.25) is 5.91 Å². The predicted molar refractivity (Wildman–Crippen MR) is 74.6 cm³/mol. The molecule has 5 nitrogen and oxygen atoms in total. The van der Waals surface area contributed by atoms with Gasteiger partial charge in [-0.25, -0.2) is 0 Å². The van der Waals surface area contributed by atoms with E-state index in [9.17, 15) is 9.90 Å². The van der Waals surface area contributed by atoms with Crippen LogP contribution in [0.25, 0.3) is 6.08 Å². The number of aliphatic hydroxyl groups is 1. The van der Waals surface area contributed by atoms with E-state index in [1.807, 2.05) is 6.07 Å². The summed E-state index contributed by atoms with van der Waals surface area (Å²) >= 11 is 0. The molecule has 1 amide bonds. The molecule has 2 aromatic rings. The molecule has 5 heteroatoms. The fourth-order valence-electron chi connectivity index (χ4n) is 1.63. The van der Waals surface area contributed by atoms with Crippen LogP contribution in [0.4, 0.5) is 0 Å². The van der Waals surface area contributed by atoms with Crippen molar-refractivity contribution in [2.45, 2.75) is 12.5 Å². The van der Waals surface area contributed by atoms with E-state index in [2.05, 4.69) is 10.3 Å². The van der Waals surface area contributed by atoms with Gasteiger partial charge in [-0.05, 0) is 37.3 Å². The van der Waals surface area contributed by atoms with Gasteiger partial charge < -0.3 is 14.8 Å². The largest absolute Gasteiger partial charge is 0.466 e. The number of nitrogens with zero attached hydrogens (tertiary/aromatic N) is 1. The molecule has 0 radical (unpaired) electrons. The summed E-state index contributed by atoms with van der Waals surface area (Å²) in [5.41, 5.74) is -0.543. The van der Waals surface area contributed by atoms with Crippen LogP contribution in [0.5, 0.6) is 0 Å². The second-order valence-corrected chi connectivity index (χ2v) is 4.56. The molecule has 2 N–H and O–H groups in total. The monoisotopic (exact) mass is 272 g/mol. The number of nitrogens with one attached hydrogen (secondary N) is 1. The van der Waals surface area contributed by atoms with Gasteiger partial charge in [-0.2, -0.15) is 0 Å². The number of pyridine rings is 1. The third kappa shape index (κ3) is 3.80. The van der Waals surface area contributed by atoms with Gasteiger partial charge in [0.1, 0.15) is 11.4 Å². The highest BCUT2D eigenvalue weighted by molar-refractivity contribution is 5.91. The zero-order chi connectivity index (χ0) is 14.4. The Balaban J connectivity index is 1.88. The average molecular weight is 272 g/mol. The Kier molecular flexibility index (Phi) is 4.32. The summed E-state index contributed by atoms with van der Waals surface area (Å²) in [6.07, 6.45) is 6.11. The Hall–Kier alpha value is -2.40. The zero-order valence-corrected chi connectivity index (χ0v) is 11.1. The molecule has 20 heavy (non-hydrogen) atoms. The van der Waals surface area contributed by atoms with Crippen molar-refractivity contribution in [1.82, 2.24) is 10.3 Å². The Bertz CT molecular complexity index is 574. The maximum atomic E-state index is 11.7. The molecule has 0 aliphatic carbocycles. The van der Waals surface area contributed by atoms with Crippen LogP contribution in [-0.2, 0) is 10.4 Å². The van der Waals surface area contributed by atoms with Crippen LogP contribution in [0.1, 0.15) is 18.4 Å². The number of hydrogen-bond acceptors (Lipinski definition) is 4. The number of amides is 1. The molecule has 0 aromatic carbocycles. The second kappa shape index (κ2) is 6.16. The molecule has 0 saturated carbocycles. The van der Waals surface area contributed by atoms with E-state index in [1.165, 1.54) is 12.3 Å². The van der Waals surface area contributed by atoms with E-state index in [1.54, 1.807) is 43.5 Å². The molecule has 0 bridgehead atoms. The smallest absolute Gasteiger partial charge is 0.244 e. The first-order chi connectivity index (χ1) is 9.58. The van der Waals surface area contributed by atoms with Crippen molar-refractivity contribution in [3.05, 3.63) is 60.3 Å². The topological polar surface area (TPSA) is 75.4 Å². The molecule has 2 heterocycles.